The van der Waals surface area contributed by atoms with Gasteiger partial charge in [0.15, 0.2) is 0 Å². The largest absolute Gasteiger partial charge is 0.450 e. The van der Waals surface area contributed by atoms with Gasteiger partial charge in [-0.2, -0.15) is 0 Å². The van der Waals surface area contributed by atoms with Crippen LogP contribution in [-0.4, -0.2) is 68.7 Å². The molecule has 0 spiro atoms. The Hall–Kier alpha value is -1.91. The summed E-state index contributed by atoms with van der Waals surface area (Å²) in [5.74, 6) is 5.24. The zero-order valence-electron chi connectivity index (χ0n) is 17.2. The molecule has 0 bridgehead atoms. The van der Waals surface area contributed by atoms with Gasteiger partial charge in [0.2, 0.25) is 5.91 Å². The summed E-state index contributed by atoms with van der Waals surface area (Å²) in [5.41, 5.74) is 5.66. The fraction of sp³-hybridized carbons (Fsp3) is 0.833. The molecule has 0 aromatic heterocycles. The predicted octanol–water partition coefficient (Wildman–Crippen LogP) is 0.279. The first-order valence-electron chi connectivity index (χ1n) is 10.1. The summed E-state index contributed by atoms with van der Waals surface area (Å²) in [6.45, 7) is 5.22. The average Bonchev–Trinajstić information content (AvgIpc) is 2.67. The van der Waals surface area contributed by atoms with Gasteiger partial charge in [-0.05, 0) is 52.1 Å². The predicted molar refractivity (Wildman–Crippen MR) is 111 cm³/mol. The smallest absolute Gasteiger partial charge is 0.407 e. The van der Waals surface area contributed by atoms with Crippen molar-refractivity contribution in [2.45, 2.75) is 57.9 Å². The van der Waals surface area contributed by atoms with Crippen molar-refractivity contribution in [1.82, 2.24) is 21.0 Å². The lowest BCUT2D eigenvalue weighted by Gasteiger charge is -2.11. The number of ether oxygens (including phenoxy) is 1. The molecule has 0 saturated heterocycles. The molecule has 28 heavy (non-hydrogen) atoms. The maximum atomic E-state index is 11.6. The number of alkyl carbamates (subject to hydrolysis) is 1. The van der Waals surface area contributed by atoms with Gasteiger partial charge in [-0.15, -0.1) is 0 Å². The molecule has 10 nitrogen and oxygen atoms in total. The van der Waals surface area contributed by atoms with Crippen LogP contribution in [0.15, 0.2) is 0 Å². The third kappa shape index (κ3) is 18.9. The van der Waals surface area contributed by atoms with Crippen molar-refractivity contribution in [2.24, 2.45) is 11.6 Å². The molecule has 0 aliphatic carbocycles. The number of hydrazine groups is 1. The van der Waals surface area contributed by atoms with Crippen LogP contribution in [0.3, 0.4) is 0 Å². The minimum atomic E-state index is -0.572. The molecular formula is C18H39N7O3. The van der Waals surface area contributed by atoms with Crippen molar-refractivity contribution in [2.75, 3.05) is 39.3 Å². The normalized spacial score (nSPS) is 11.5. The number of carbonyl (C=O) groups excluding carboxylic acids is 2. The molecule has 1 atom stereocenters. The number of nitrogens with two attached hydrogens (primary N) is 2. The summed E-state index contributed by atoms with van der Waals surface area (Å²) < 4.78 is 5.03. The van der Waals surface area contributed by atoms with E-state index >= 15 is 0 Å². The van der Waals surface area contributed by atoms with E-state index in [9.17, 15) is 9.59 Å². The molecule has 0 saturated carbocycles. The Labute approximate surface area is 168 Å². The maximum absolute atomic E-state index is 11.6. The van der Waals surface area contributed by atoms with E-state index in [1.54, 1.807) is 0 Å². The van der Waals surface area contributed by atoms with E-state index < -0.39 is 6.09 Å². The minimum absolute atomic E-state index is 0.0842. The molecule has 164 valence electrons. The van der Waals surface area contributed by atoms with E-state index in [1.165, 1.54) is 5.01 Å². The zero-order chi connectivity index (χ0) is 21.0. The van der Waals surface area contributed by atoms with Crippen molar-refractivity contribution in [3.05, 3.63) is 0 Å². The van der Waals surface area contributed by atoms with Gasteiger partial charge in [-0.25, -0.2) is 10.6 Å². The Morgan fingerprint density at radius 1 is 1.07 bits per heavy atom. The number of hydrogen-bond donors (Lipinski definition) is 6. The fourth-order valence-corrected chi connectivity index (χ4v) is 2.30. The van der Waals surface area contributed by atoms with Crippen LogP contribution in [0.25, 0.3) is 0 Å². The van der Waals surface area contributed by atoms with Crippen molar-refractivity contribution >= 4 is 18.3 Å². The first kappa shape index (κ1) is 26.1. The number of hydrogen-bond acceptors (Lipinski definition) is 7. The van der Waals surface area contributed by atoms with Gasteiger partial charge in [0.1, 0.15) is 0 Å². The van der Waals surface area contributed by atoms with Gasteiger partial charge < -0.3 is 31.4 Å². The molecule has 10 heteroatoms. The Kier molecular flexibility index (Phi) is 17.2. The number of unbranched alkanes of at least 4 members (excludes halogenated alkanes) is 4. The quantitative estimate of drug-likeness (QED) is 0.0632. The van der Waals surface area contributed by atoms with Gasteiger partial charge in [0.05, 0.1) is 19.5 Å². The number of rotatable bonds is 18. The third-order valence-electron chi connectivity index (χ3n) is 3.98. The minimum Gasteiger partial charge on any atom is -0.450 e. The number of nitrogens with one attached hydrogen (secondary N) is 4. The highest BCUT2D eigenvalue weighted by Crippen LogP contribution is 1.99. The van der Waals surface area contributed by atoms with Crippen LogP contribution in [-0.2, 0) is 9.53 Å². The van der Waals surface area contributed by atoms with Crippen LogP contribution in [0.5, 0.6) is 0 Å². The number of carbonyl (C=O) groups is 2. The number of amides is 2. The van der Waals surface area contributed by atoms with Crippen molar-refractivity contribution in [3.8, 4) is 0 Å². The first-order valence-corrected chi connectivity index (χ1v) is 10.1. The summed E-state index contributed by atoms with van der Waals surface area (Å²) >= 11 is 0. The topological polar surface area (TPSA) is 159 Å². The van der Waals surface area contributed by atoms with Gasteiger partial charge in [0, 0.05) is 19.1 Å². The van der Waals surface area contributed by atoms with Gasteiger partial charge in [0.25, 0.3) is 0 Å². The van der Waals surface area contributed by atoms with Crippen LogP contribution >= 0.6 is 0 Å². The second-order valence-electron chi connectivity index (χ2n) is 6.84. The zero-order valence-corrected chi connectivity index (χ0v) is 17.2. The van der Waals surface area contributed by atoms with E-state index in [2.05, 4.69) is 16.0 Å². The number of nitrogens with zero attached hydrogens (tertiary/aromatic N) is 1. The molecule has 0 radical (unpaired) electrons. The maximum Gasteiger partial charge on any atom is 0.407 e. The van der Waals surface area contributed by atoms with Crippen molar-refractivity contribution < 1.29 is 14.3 Å². The van der Waals surface area contributed by atoms with Crippen LogP contribution in [0.1, 0.15) is 51.9 Å². The Balaban J connectivity index is 3.39. The van der Waals surface area contributed by atoms with Gasteiger partial charge in [-0.1, -0.05) is 12.8 Å². The molecule has 0 fully saturated rings. The molecule has 0 rings (SSSR count). The van der Waals surface area contributed by atoms with E-state index in [1.807, 2.05) is 6.92 Å². The SMILES string of the molecule is C[C@@H](N)CCNCCCCOC(=O)NCC(=O)NCCCCCCN(N)C=N. The van der Waals surface area contributed by atoms with Gasteiger partial charge in [-0.3, -0.25) is 10.2 Å². The average molecular weight is 402 g/mol. The summed E-state index contributed by atoms with van der Waals surface area (Å²) in [6, 6.07) is 0.206. The summed E-state index contributed by atoms with van der Waals surface area (Å²) in [6.07, 6.45) is 6.90. The molecule has 0 aromatic rings. The first-order chi connectivity index (χ1) is 13.5. The lowest BCUT2D eigenvalue weighted by Crippen LogP contribution is -2.37. The van der Waals surface area contributed by atoms with Crippen LogP contribution < -0.4 is 27.5 Å². The Morgan fingerprint density at radius 3 is 2.50 bits per heavy atom. The highest BCUT2D eigenvalue weighted by molar-refractivity contribution is 5.82. The van der Waals surface area contributed by atoms with Crippen LogP contribution in [0.4, 0.5) is 4.79 Å². The molecule has 8 N–H and O–H groups in total. The van der Waals surface area contributed by atoms with Gasteiger partial charge >= 0.3 is 6.09 Å². The third-order valence-corrected chi connectivity index (χ3v) is 3.98. The molecule has 0 aliphatic rings. The second kappa shape index (κ2) is 18.5. The fourth-order valence-electron chi connectivity index (χ4n) is 2.30. The summed E-state index contributed by atoms with van der Waals surface area (Å²) in [4.78, 5) is 23.2. The lowest BCUT2D eigenvalue weighted by molar-refractivity contribution is -0.120. The Bertz CT molecular complexity index is 422. The van der Waals surface area contributed by atoms with Crippen LogP contribution in [0, 0.1) is 5.41 Å². The summed E-state index contributed by atoms with van der Waals surface area (Å²) in [7, 11) is 0. The van der Waals surface area contributed by atoms with Crippen molar-refractivity contribution in [3.63, 3.8) is 0 Å². The lowest BCUT2D eigenvalue weighted by atomic mass is 10.2. The molecule has 0 heterocycles. The van der Waals surface area contributed by atoms with E-state index in [0.29, 0.717) is 19.7 Å². The molecule has 0 aromatic carbocycles. The Morgan fingerprint density at radius 2 is 1.79 bits per heavy atom. The monoisotopic (exact) mass is 401 g/mol. The van der Waals surface area contributed by atoms with E-state index in [-0.39, 0.29) is 18.5 Å². The molecule has 0 unspecified atom stereocenters. The summed E-state index contributed by atoms with van der Waals surface area (Å²) in [5, 5.41) is 16.8. The van der Waals surface area contributed by atoms with E-state index in [4.69, 9.17) is 21.7 Å². The highest BCUT2D eigenvalue weighted by atomic mass is 16.5. The van der Waals surface area contributed by atoms with Crippen molar-refractivity contribution in [1.29, 1.82) is 5.41 Å². The van der Waals surface area contributed by atoms with E-state index in [0.717, 1.165) is 64.4 Å². The second-order valence-corrected chi connectivity index (χ2v) is 6.84. The molecule has 0 aliphatic heterocycles. The standard InChI is InChI=1S/C18H39N7O3/c1-16(20)8-11-22-9-5-7-13-28-18(27)24-14-17(26)23-10-4-2-3-6-12-25(21)15-19/h15-16,19,22H,2-14,20-21H2,1H3,(H,23,26)(H,24,27)/t16-/m1/s1. The molecular weight excluding hydrogens is 362 g/mol. The highest BCUT2D eigenvalue weighted by Gasteiger charge is 2.05. The molecule has 2 amide bonds. The van der Waals surface area contributed by atoms with Crippen LogP contribution in [0.2, 0.25) is 0 Å².